The van der Waals surface area contributed by atoms with E-state index in [4.69, 9.17) is 4.74 Å². The summed E-state index contributed by atoms with van der Waals surface area (Å²) in [5.74, 6) is 3.62. The molecule has 4 aliphatic carbocycles. The van der Waals surface area contributed by atoms with Gasteiger partial charge in [-0.1, -0.05) is 0 Å². The van der Waals surface area contributed by atoms with Crippen LogP contribution in [0.5, 0.6) is 0 Å². The second kappa shape index (κ2) is 4.95. The molecule has 4 saturated carbocycles. The number of ether oxygens (including phenoxy) is 1. The lowest BCUT2D eigenvalue weighted by molar-refractivity contribution is -0.154. The molecule has 4 bridgehead atoms. The average Bonchev–Trinajstić information content (AvgIpc) is 2.41. The molecule has 1 N–H and O–H groups in total. The summed E-state index contributed by atoms with van der Waals surface area (Å²) in [5.41, 5.74) is -0.124. The molecule has 5 fully saturated rings. The summed E-state index contributed by atoms with van der Waals surface area (Å²) in [5, 5.41) is 3.21. The number of amides is 1. The van der Waals surface area contributed by atoms with Gasteiger partial charge in [-0.2, -0.15) is 0 Å². The molecule has 0 aromatic heterocycles. The largest absolute Gasteiger partial charge is 0.363 e. The topological polar surface area (TPSA) is 41.6 Å². The predicted octanol–water partition coefficient (Wildman–Crippen LogP) is 1.65. The van der Waals surface area contributed by atoms with Crippen LogP contribution >= 0.6 is 0 Å². The minimum absolute atomic E-state index is 0.124. The first-order valence-corrected chi connectivity index (χ1v) is 8.64. The summed E-state index contributed by atoms with van der Waals surface area (Å²) in [6.07, 6.45) is 6.90. The number of likely N-dealkylation sites (N-methyl/N-ethyl adjacent to an activating group) is 1. The van der Waals surface area contributed by atoms with Crippen LogP contribution in [-0.2, 0) is 9.53 Å². The van der Waals surface area contributed by atoms with Crippen LogP contribution in [0.4, 0.5) is 0 Å². The Morgan fingerprint density at radius 2 is 1.71 bits per heavy atom. The van der Waals surface area contributed by atoms with Crippen molar-refractivity contribution in [3.63, 3.8) is 0 Å². The third-order valence-corrected chi connectivity index (χ3v) is 6.56. The second-order valence-electron chi connectivity index (χ2n) is 8.27. The molecule has 0 radical (unpaired) electrons. The summed E-state index contributed by atoms with van der Waals surface area (Å²) in [7, 11) is 2.01. The van der Waals surface area contributed by atoms with Gasteiger partial charge >= 0.3 is 0 Å². The van der Waals surface area contributed by atoms with Gasteiger partial charge < -0.3 is 15.0 Å². The monoisotopic (exact) mass is 292 g/mol. The first kappa shape index (κ1) is 14.0. The van der Waals surface area contributed by atoms with E-state index >= 15 is 0 Å². The van der Waals surface area contributed by atoms with Crippen molar-refractivity contribution >= 4 is 5.91 Å². The van der Waals surface area contributed by atoms with E-state index in [9.17, 15) is 4.79 Å². The van der Waals surface area contributed by atoms with Crippen molar-refractivity contribution in [2.24, 2.45) is 23.7 Å². The van der Waals surface area contributed by atoms with Crippen molar-refractivity contribution in [1.29, 1.82) is 0 Å². The Labute approximate surface area is 127 Å². The minimum Gasteiger partial charge on any atom is -0.363 e. The zero-order valence-corrected chi connectivity index (χ0v) is 13.3. The van der Waals surface area contributed by atoms with Crippen molar-refractivity contribution in [1.82, 2.24) is 10.2 Å². The average molecular weight is 292 g/mol. The fourth-order valence-corrected chi connectivity index (χ4v) is 5.61. The van der Waals surface area contributed by atoms with Gasteiger partial charge in [0.05, 0.1) is 5.60 Å². The zero-order valence-electron chi connectivity index (χ0n) is 13.3. The molecular weight excluding hydrogens is 264 g/mol. The lowest BCUT2D eigenvalue weighted by atomic mass is 9.54. The molecule has 0 atom stereocenters. The Bertz CT molecular complexity index is 405. The minimum atomic E-state index is -0.124. The highest BCUT2D eigenvalue weighted by molar-refractivity contribution is 5.77. The van der Waals surface area contributed by atoms with Crippen LogP contribution in [0.3, 0.4) is 0 Å². The number of hydrogen-bond donors (Lipinski definition) is 1. The number of hydrogen-bond acceptors (Lipinski definition) is 3. The number of carbonyl (C=O) groups excluding carboxylic acids is 1. The molecule has 1 heterocycles. The Kier molecular flexibility index (Phi) is 3.30. The van der Waals surface area contributed by atoms with Gasteiger partial charge in [0.2, 0.25) is 5.91 Å². The quantitative estimate of drug-likeness (QED) is 0.856. The summed E-state index contributed by atoms with van der Waals surface area (Å²) in [4.78, 5) is 14.6. The van der Waals surface area contributed by atoms with Crippen molar-refractivity contribution < 1.29 is 9.53 Å². The highest BCUT2D eigenvalue weighted by atomic mass is 16.5. The fraction of sp³-hybridized carbons (Fsp3) is 0.941. The van der Waals surface area contributed by atoms with E-state index in [0.29, 0.717) is 6.04 Å². The second-order valence-corrected chi connectivity index (χ2v) is 8.27. The van der Waals surface area contributed by atoms with Gasteiger partial charge in [-0.05, 0) is 62.7 Å². The molecule has 5 rings (SSSR count). The molecule has 21 heavy (non-hydrogen) atoms. The van der Waals surface area contributed by atoms with E-state index in [-0.39, 0.29) is 18.1 Å². The lowest BCUT2D eigenvalue weighted by Gasteiger charge is -2.56. The molecule has 0 aromatic rings. The van der Waals surface area contributed by atoms with Crippen molar-refractivity contribution in [2.75, 3.05) is 26.7 Å². The van der Waals surface area contributed by atoms with Gasteiger partial charge in [-0.25, -0.2) is 0 Å². The maximum atomic E-state index is 12.5. The molecular formula is C17H28N2O2. The molecule has 0 spiro atoms. The van der Waals surface area contributed by atoms with Crippen molar-refractivity contribution in [3.05, 3.63) is 0 Å². The summed E-state index contributed by atoms with van der Waals surface area (Å²) in [6.45, 7) is 4.06. The molecule has 4 heteroatoms. The van der Waals surface area contributed by atoms with Gasteiger partial charge in [-0.3, -0.25) is 4.79 Å². The van der Waals surface area contributed by atoms with Crippen molar-refractivity contribution in [2.45, 2.75) is 50.7 Å². The lowest BCUT2D eigenvalue weighted by Crippen LogP contribution is -2.60. The smallest absolute Gasteiger partial charge is 0.248 e. The summed E-state index contributed by atoms with van der Waals surface area (Å²) < 4.78 is 5.84. The Morgan fingerprint density at radius 3 is 2.19 bits per heavy atom. The fourth-order valence-electron chi connectivity index (χ4n) is 5.61. The van der Waals surface area contributed by atoms with Crippen LogP contribution in [0, 0.1) is 23.7 Å². The van der Waals surface area contributed by atoms with Crippen LogP contribution in [0.2, 0.25) is 0 Å². The molecule has 1 aliphatic heterocycles. The number of carbonyl (C=O) groups is 1. The first-order valence-electron chi connectivity index (χ1n) is 8.64. The van der Waals surface area contributed by atoms with Gasteiger partial charge in [0.1, 0.15) is 6.61 Å². The van der Waals surface area contributed by atoms with E-state index in [2.05, 4.69) is 12.2 Å². The van der Waals surface area contributed by atoms with E-state index in [1.54, 1.807) is 0 Å². The maximum absolute atomic E-state index is 12.5. The van der Waals surface area contributed by atoms with Gasteiger partial charge in [0.25, 0.3) is 0 Å². The standard InChI is InChI=1S/C17H28N2O2/c1-17(9-18-10-17)21-8-15(20)19(2)16-13-4-11-3-12(6-13)7-14(16)5-11/h11-14,16,18H,3-10H2,1-2H3. The molecule has 4 nitrogen and oxygen atoms in total. The van der Waals surface area contributed by atoms with Crippen LogP contribution in [0.15, 0.2) is 0 Å². The highest BCUT2D eigenvalue weighted by Crippen LogP contribution is 2.54. The highest BCUT2D eigenvalue weighted by Gasteiger charge is 2.50. The third kappa shape index (κ3) is 2.40. The van der Waals surface area contributed by atoms with E-state index in [0.717, 1.165) is 36.8 Å². The van der Waals surface area contributed by atoms with Gasteiger partial charge in [0, 0.05) is 26.2 Å². The van der Waals surface area contributed by atoms with Crippen LogP contribution < -0.4 is 5.32 Å². The van der Waals surface area contributed by atoms with Crippen LogP contribution in [0.1, 0.15) is 39.0 Å². The molecule has 0 aromatic carbocycles. The molecule has 5 aliphatic rings. The number of nitrogens with one attached hydrogen (secondary N) is 1. The summed E-state index contributed by atoms with van der Waals surface area (Å²) >= 11 is 0. The van der Waals surface area contributed by atoms with E-state index in [1.807, 2.05) is 11.9 Å². The number of nitrogens with zero attached hydrogens (tertiary/aromatic N) is 1. The van der Waals surface area contributed by atoms with Gasteiger partial charge in [0.15, 0.2) is 0 Å². The molecule has 118 valence electrons. The Morgan fingerprint density at radius 1 is 1.14 bits per heavy atom. The molecule has 0 unspecified atom stereocenters. The molecule has 1 saturated heterocycles. The van der Waals surface area contributed by atoms with Crippen LogP contribution in [0.25, 0.3) is 0 Å². The first-order chi connectivity index (χ1) is 10.0. The Balaban J connectivity index is 1.38. The van der Waals surface area contributed by atoms with Crippen molar-refractivity contribution in [3.8, 4) is 0 Å². The van der Waals surface area contributed by atoms with Crippen LogP contribution in [-0.4, -0.2) is 49.2 Å². The van der Waals surface area contributed by atoms with E-state index in [1.165, 1.54) is 32.1 Å². The number of rotatable bonds is 4. The zero-order chi connectivity index (χ0) is 14.6. The third-order valence-electron chi connectivity index (χ3n) is 6.56. The normalized spacial score (nSPS) is 42.7. The summed E-state index contributed by atoms with van der Waals surface area (Å²) in [6, 6.07) is 0.487. The maximum Gasteiger partial charge on any atom is 0.248 e. The Hall–Kier alpha value is -0.610. The van der Waals surface area contributed by atoms with E-state index < -0.39 is 0 Å². The van der Waals surface area contributed by atoms with Gasteiger partial charge in [-0.15, -0.1) is 0 Å². The molecule has 1 amide bonds. The SMILES string of the molecule is CN(C(=O)COC1(C)CNC1)C1C2CC3CC(C2)CC1C3. The predicted molar refractivity (Wildman–Crippen MR) is 80.8 cm³/mol.